The van der Waals surface area contributed by atoms with Crippen LogP contribution in [0.5, 0.6) is 0 Å². The van der Waals surface area contributed by atoms with Gasteiger partial charge in [0.25, 0.3) is 0 Å². The number of hydrogen-bond donors (Lipinski definition) is 0. The second-order valence-electron chi connectivity index (χ2n) is 3.15. The molecule has 0 radical (unpaired) electrons. The van der Waals surface area contributed by atoms with E-state index in [4.69, 9.17) is 0 Å². The monoisotopic (exact) mass is 160 g/mol. The summed E-state index contributed by atoms with van der Waals surface area (Å²) in [5.74, 6) is 3.61. The fourth-order valence-electron chi connectivity index (χ4n) is 0.667. The zero-order chi connectivity index (χ0) is 7.82. The molecule has 1 heteroatoms. The average Bonchev–Trinajstić information content (AvgIpc) is 1.87. The van der Waals surface area contributed by atoms with Gasteiger partial charge in [0.1, 0.15) is 0 Å². The molecular weight excluding hydrogens is 140 g/mol. The predicted molar refractivity (Wildman–Crippen MR) is 51.7 cm³/mol. The normalized spacial score (nSPS) is 10.8. The number of unbranched alkanes of at least 4 members (excludes halogenated alkanes) is 1. The van der Waals surface area contributed by atoms with Gasteiger partial charge in [-0.05, 0) is 30.3 Å². The van der Waals surface area contributed by atoms with Crippen molar-refractivity contribution >= 4 is 11.8 Å². The smallest absolute Gasteiger partial charge is 0.00651 e. The first-order valence-corrected chi connectivity index (χ1v) is 5.50. The Morgan fingerprint density at radius 1 is 1.20 bits per heavy atom. The van der Waals surface area contributed by atoms with Gasteiger partial charge in [-0.3, -0.25) is 0 Å². The van der Waals surface area contributed by atoms with E-state index in [2.05, 4.69) is 32.5 Å². The van der Waals surface area contributed by atoms with Crippen molar-refractivity contribution in [2.45, 2.75) is 40.0 Å². The van der Waals surface area contributed by atoms with Crippen LogP contribution in [0.15, 0.2) is 0 Å². The van der Waals surface area contributed by atoms with Crippen molar-refractivity contribution in [3.63, 3.8) is 0 Å². The molecule has 62 valence electrons. The molecule has 0 fully saturated rings. The molecule has 0 unspecified atom stereocenters. The van der Waals surface area contributed by atoms with Crippen molar-refractivity contribution in [1.82, 2.24) is 0 Å². The second kappa shape index (κ2) is 7.46. The van der Waals surface area contributed by atoms with Crippen LogP contribution in [0, 0.1) is 5.92 Å². The largest absolute Gasteiger partial charge is 0.162 e. The summed E-state index contributed by atoms with van der Waals surface area (Å²) in [7, 11) is 0. The van der Waals surface area contributed by atoms with Crippen LogP contribution < -0.4 is 0 Å². The van der Waals surface area contributed by atoms with Crippen molar-refractivity contribution in [1.29, 1.82) is 0 Å². The lowest BCUT2D eigenvalue weighted by Gasteiger charge is -2.02. The fourth-order valence-corrected chi connectivity index (χ4v) is 2.00. The maximum absolute atomic E-state index is 2.29. The molecule has 0 aromatic carbocycles. The van der Waals surface area contributed by atoms with Crippen LogP contribution in [-0.2, 0) is 0 Å². The zero-order valence-corrected chi connectivity index (χ0v) is 8.34. The van der Waals surface area contributed by atoms with Crippen molar-refractivity contribution in [2.75, 3.05) is 11.5 Å². The Morgan fingerprint density at radius 2 is 1.90 bits per heavy atom. The number of thioether (sulfide) groups is 1. The molecule has 0 aliphatic heterocycles. The summed E-state index contributed by atoms with van der Waals surface area (Å²) in [6.45, 7) is 6.84. The third-order valence-corrected chi connectivity index (χ3v) is 2.58. The highest BCUT2D eigenvalue weighted by atomic mass is 32.2. The van der Waals surface area contributed by atoms with E-state index >= 15 is 0 Å². The molecule has 0 nitrogen and oxygen atoms in total. The molecule has 0 saturated carbocycles. The van der Waals surface area contributed by atoms with Gasteiger partial charge in [0.15, 0.2) is 0 Å². The van der Waals surface area contributed by atoms with Crippen LogP contribution in [0.2, 0.25) is 0 Å². The molecule has 0 bridgehead atoms. The Labute approximate surface area is 69.8 Å². The minimum atomic E-state index is 0.883. The summed E-state index contributed by atoms with van der Waals surface area (Å²) < 4.78 is 0. The van der Waals surface area contributed by atoms with E-state index in [0.717, 1.165) is 5.92 Å². The Kier molecular flexibility index (Phi) is 7.72. The molecule has 0 saturated heterocycles. The van der Waals surface area contributed by atoms with Crippen LogP contribution in [0.4, 0.5) is 0 Å². The van der Waals surface area contributed by atoms with Gasteiger partial charge in [0.05, 0.1) is 0 Å². The van der Waals surface area contributed by atoms with Gasteiger partial charge < -0.3 is 0 Å². The third kappa shape index (κ3) is 8.35. The summed E-state index contributed by atoms with van der Waals surface area (Å²) in [5, 5.41) is 0. The van der Waals surface area contributed by atoms with Gasteiger partial charge in [-0.1, -0.05) is 27.2 Å². The fraction of sp³-hybridized carbons (Fsp3) is 1.00. The molecule has 0 atom stereocenters. The van der Waals surface area contributed by atoms with Crippen molar-refractivity contribution in [3.8, 4) is 0 Å². The van der Waals surface area contributed by atoms with Gasteiger partial charge in [-0.15, -0.1) is 0 Å². The summed E-state index contributed by atoms with van der Waals surface area (Å²) in [6, 6.07) is 0. The molecule has 0 spiro atoms. The Bertz CT molecular complexity index is 59.7. The van der Waals surface area contributed by atoms with Crippen molar-refractivity contribution in [2.24, 2.45) is 5.92 Å². The molecule has 0 aliphatic carbocycles. The van der Waals surface area contributed by atoms with E-state index in [1.54, 1.807) is 0 Å². The van der Waals surface area contributed by atoms with Gasteiger partial charge in [-0.25, -0.2) is 0 Å². The van der Waals surface area contributed by atoms with Gasteiger partial charge >= 0.3 is 0 Å². The third-order valence-electron chi connectivity index (χ3n) is 1.48. The second-order valence-corrected chi connectivity index (χ2v) is 4.37. The molecular formula is C9H20S. The van der Waals surface area contributed by atoms with Gasteiger partial charge in [0.2, 0.25) is 0 Å². The van der Waals surface area contributed by atoms with E-state index in [9.17, 15) is 0 Å². The van der Waals surface area contributed by atoms with E-state index in [0.29, 0.717) is 0 Å². The lowest BCUT2D eigenvalue weighted by molar-refractivity contribution is 0.632. The molecule has 0 aromatic heterocycles. The first-order chi connectivity index (χ1) is 4.77. The van der Waals surface area contributed by atoms with Crippen molar-refractivity contribution < 1.29 is 0 Å². The molecule has 0 heterocycles. The van der Waals surface area contributed by atoms with Crippen LogP contribution in [0.25, 0.3) is 0 Å². The first-order valence-electron chi connectivity index (χ1n) is 4.35. The molecule has 10 heavy (non-hydrogen) atoms. The maximum atomic E-state index is 2.29. The number of rotatable bonds is 6. The highest BCUT2D eigenvalue weighted by molar-refractivity contribution is 7.99. The number of hydrogen-bond acceptors (Lipinski definition) is 1. The lowest BCUT2D eigenvalue weighted by atomic mass is 10.2. The maximum Gasteiger partial charge on any atom is -0.00651 e. The van der Waals surface area contributed by atoms with Crippen LogP contribution in [-0.4, -0.2) is 11.5 Å². The zero-order valence-electron chi connectivity index (χ0n) is 7.52. The summed E-state index contributed by atoms with van der Waals surface area (Å²) >= 11 is 2.11. The minimum absolute atomic E-state index is 0.883. The minimum Gasteiger partial charge on any atom is -0.162 e. The summed E-state index contributed by atoms with van der Waals surface area (Å²) in [5.41, 5.74) is 0. The van der Waals surface area contributed by atoms with Gasteiger partial charge in [0, 0.05) is 0 Å². The van der Waals surface area contributed by atoms with Crippen LogP contribution in [0.3, 0.4) is 0 Å². The summed E-state index contributed by atoms with van der Waals surface area (Å²) in [4.78, 5) is 0. The SMILES string of the molecule is CCCCSCCC(C)C. The molecule has 0 amide bonds. The molecule has 0 rings (SSSR count). The van der Waals surface area contributed by atoms with Crippen LogP contribution in [0.1, 0.15) is 40.0 Å². The highest BCUT2D eigenvalue weighted by Crippen LogP contribution is 2.10. The Morgan fingerprint density at radius 3 is 2.40 bits per heavy atom. The Hall–Kier alpha value is 0.350. The Balaban J connectivity index is 2.77. The van der Waals surface area contributed by atoms with Crippen LogP contribution >= 0.6 is 11.8 Å². The topological polar surface area (TPSA) is 0 Å². The summed E-state index contributed by atoms with van der Waals surface area (Å²) in [6.07, 6.45) is 4.12. The van der Waals surface area contributed by atoms with Gasteiger partial charge in [-0.2, -0.15) is 11.8 Å². The van der Waals surface area contributed by atoms with Crippen molar-refractivity contribution in [3.05, 3.63) is 0 Å². The first kappa shape index (κ1) is 10.3. The molecule has 0 N–H and O–H groups in total. The molecule has 0 aromatic rings. The quantitative estimate of drug-likeness (QED) is 0.535. The predicted octanol–water partition coefficient (Wildman–Crippen LogP) is 3.57. The highest BCUT2D eigenvalue weighted by Gasteiger charge is 1.92. The van der Waals surface area contributed by atoms with E-state index in [-0.39, 0.29) is 0 Å². The van der Waals surface area contributed by atoms with E-state index in [1.807, 2.05) is 0 Å². The average molecular weight is 160 g/mol. The van der Waals surface area contributed by atoms with E-state index < -0.39 is 0 Å². The lowest BCUT2D eigenvalue weighted by Crippen LogP contribution is -1.90. The molecule has 0 aliphatic rings. The van der Waals surface area contributed by atoms with E-state index in [1.165, 1.54) is 30.8 Å². The standard InChI is InChI=1S/C9H20S/c1-4-5-7-10-8-6-9(2)3/h9H,4-8H2,1-3H3.